The van der Waals surface area contributed by atoms with Crippen LogP contribution < -0.4 is 0 Å². The van der Waals surface area contributed by atoms with Gasteiger partial charge < -0.3 is 14.7 Å². The fraction of sp³-hybridized carbons (Fsp3) is 0.812. The van der Waals surface area contributed by atoms with Crippen LogP contribution in [0.1, 0.15) is 45.4 Å². The zero-order chi connectivity index (χ0) is 16.3. The van der Waals surface area contributed by atoms with Crippen molar-refractivity contribution in [1.82, 2.24) is 19.9 Å². The molecule has 1 aliphatic heterocycles. The van der Waals surface area contributed by atoms with Gasteiger partial charge in [0.25, 0.3) is 5.91 Å². The van der Waals surface area contributed by atoms with E-state index in [0.29, 0.717) is 32.7 Å². The normalized spacial score (nSPS) is 27.3. The summed E-state index contributed by atoms with van der Waals surface area (Å²) in [6.45, 7) is 3.86. The smallest absolute Gasteiger partial charge is 0.254 e. The van der Waals surface area contributed by atoms with Crippen LogP contribution in [0.2, 0.25) is 0 Å². The molecule has 1 amide bonds. The number of carbonyl (C=O) groups excluding carboxylic acids is 1. The number of piperidine rings is 1. The molecule has 1 saturated carbocycles. The van der Waals surface area contributed by atoms with Crippen molar-refractivity contribution < 1.29 is 14.6 Å². The molecule has 0 radical (unpaired) electrons. The maximum absolute atomic E-state index is 13.1. The van der Waals surface area contributed by atoms with Crippen molar-refractivity contribution in [2.24, 2.45) is 0 Å². The number of hydrogen-bond acceptors (Lipinski definition) is 5. The summed E-state index contributed by atoms with van der Waals surface area (Å²) < 4.78 is 7.51. The number of hydrogen-bond donors (Lipinski definition) is 1. The highest BCUT2D eigenvalue weighted by molar-refractivity contribution is 5.85. The molecule has 0 aromatic carbocycles. The first-order chi connectivity index (χ1) is 11.1. The van der Waals surface area contributed by atoms with Crippen LogP contribution in [0.3, 0.4) is 0 Å². The standard InChI is InChI=1S/C16H26N4O3/c1-2-23-16(7-3-4-8-16)14(21)19-10-5-6-15(22,12-19)13-20-11-9-17-18-20/h9,11,22H,2-8,10,12-13H2,1H3. The fourth-order valence-electron chi connectivity index (χ4n) is 3.96. The average Bonchev–Trinajstić information content (AvgIpc) is 3.19. The zero-order valence-corrected chi connectivity index (χ0v) is 13.8. The van der Waals surface area contributed by atoms with Crippen LogP contribution in [0, 0.1) is 0 Å². The second-order valence-electron chi connectivity index (χ2n) is 6.79. The van der Waals surface area contributed by atoms with E-state index in [2.05, 4.69) is 10.3 Å². The summed E-state index contributed by atoms with van der Waals surface area (Å²) in [6, 6.07) is 0. The lowest BCUT2D eigenvalue weighted by Gasteiger charge is -2.42. The van der Waals surface area contributed by atoms with E-state index in [-0.39, 0.29) is 5.91 Å². The molecule has 2 heterocycles. The summed E-state index contributed by atoms with van der Waals surface area (Å²) in [4.78, 5) is 14.9. The first-order valence-electron chi connectivity index (χ1n) is 8.57. The third kappa shape index (κ3) is 3.40. The quantitative estimate of drug-likeness (QED) is 0.874. The van der Waals surface area contributed by atoms with E-state index in [0.717, 1.165) is 32.1 Å². The van der Waals surface area contributed by atoms with Gasteiger partial charge >= 0.3 is 0 Å². The van der Waals surface area contributed by atoms with Crippen LogP contribution in [0.25, 0.3) is 0 Å². The number of nitrogens with zero attached hydrogens (tertiary/aromatic N) is 4. The van der Waals surface area contributed by atoms with Crippen LogP contribution in [-0.2, 0) is 16.1 Å². The Morgan fingerprint density at radius 2 is 2.09 bits per heavy atom. The fourth-order valence-corrected chi connectivity index (χ4v) is 3.96. The molecule has 1 aromatic heterocycles. The number of β-amino-alcohol motifs (C(OH)–C–C–N with tert-alkyl or cyclic N) is 1. The number of carbonyl (C=O) groups is 1. The van der Waals surface area contributed by atoms with E-state index in [1.165, 1.54) is 0 Å². The van der Waals surface area contributed by atoms with Gasteiger partial charge in [-0.25, -0.2) is 4.68 Å². The molecule has 7 heteroatoms. The number of rotatable bonds is 5. The lowest BCUT2D eigenvalue weighted by Crippen LogP contribution is -2.58. The Balaban J connectivity index is 1.71. The molecule has 1 unspecified atom stereocenters. The highest BCUT2D eigenvalue weighted by Gasteiger charge is 2.47. The number of likely N-dealkylation sites (tertiary alicyclic amines) is 1. The summed E-state index contributed by atoms with van der Waals surface area (Å²) in [5.74, 6) is 0.0496. The molecule has 1 N–H and O–H groups in total. The van der Waals surface area contributed by atoms with Crippen molar-refractivity contribution in [1.29, 1.82) is 0 Å². The third-order valence-electron chi connectivity index (χ3n) is 4.99. The highest BCUT2D eigenvalue weighted by atomic mass is 16.5. The summed E-state index contributed by atoms with van der Waals surface area (Å²) in [5, 5.41) is 18.6. The third-order valence-corrected chi connectivity index (χ3v) is 4.99. The number of amides is 1. The van der Waals surface area contributed by atoms with Gasteiger partial charge in [-0.3, -0.25) is 4.79 Å². The van der Waals surface area contributed by atoms with E-state index in [4.69, 9.17) is 4.74 Å². The largest absolute Gasteiger partial charge is 0.386 e. The first kappa shape index (κ1) is 16.4. The van der Waals surface area contributed by atoms with Crippen LogP contribution in [0.15, 0.2) is 12.4 Å². The molecule has 23 heavy (non-hydrogen) atoms. The molecule has 128 valence electrons. The molecule has 1 aromatic rings. The van der Waals surface area contributed by atoms with E-state index in [1.54, 1.807) is 22.0 Å². The van der Waals surface area contributed by atoms with Crippen LogP contribution >= 0.6 is 0 Å². The van der Waals surface area contributed by atoms with Crippen molar-refractivity contribution in [3.63, 3.8) is 0 Å². The maximum atomic E-state index is 13.1. The Kier molecular flexibility index (Phi) is 4.68. The lowest BCUT2D eigenvalue weighted by molar-refractivity contribution is -0.164. The molecular weight excluding hydrogens is 296 g/mol. The Labute approximate surface area is 136 Å². The highest BCUT2D eigenvalue weighted by Crippen LogP contribution is 2.36. The first-order valence-corrected chi connectivity index (χ1v) is 8.57. The van der Waals surface area contributed by atoms with Gasteiger partial charge in [0.05, 0.1) is 19.3 Å². The second-order valence-corrected chi connectivity index (χ2v) is 6.79. The van der Waals surface area contributed by atoms with Gasteiger partial charge in [-0.1, -0.05) is 5.21 Å². The van der Waals surface area contributed by atoms with Crippen LogP contribution in [-0.4, -0.2) is 61.8 Å². The van der Waals surface area contributed by atoms with Crippen molar-refractivity contribution in [2.75, 3.05) is 19.7 Å². The molecule has 1 atom stereocenters. The van der Waals surface area contributed by atoms with Gasteiger partial charge in [-0.05, 0) is 45.4 Å². The zero-order valence-electron chi connectivity index (χ0n) is 13.8. The monoisotopic (exact) mass is 322 g/mol. The molecule has 0 bridgehead atoms. The van der Waals surface area contributed by atoms with Gasteiger partial charge in [-0.15, -0.1) is 5.10 Å². The van der Waals surface area contributed by atoms with E-state index in [9.17, 15) is 9.90 Å². The van der Waals surface area contributed by atoms with E-state index < -0.39 is 11.2 Å². The summed E-state index contributed by atoms with van der Waals surface area (Å²) in [5.41, 5.74) is -1.62. The van der Waals surface area contributed by atoms with Gasteiger partial charge in [0, 0.05) is 19.3 Å². The van der Waals surface area contributed by atoms with Gasteiger partial charge in [0.15, 0.2) is 0 Å². The van der Waals surface area contributed by atoms with Gasteiger partial charge in [0.2, 0.25) is 0 Å². The Morgan fingerprint density at radius 1 is 1.30 bits per heavy atom. The van der Waals surface area contributed by atoms with Crippen LogP contribution in [0.4, 0.5) is 0 Å². The van der Waals surface area contributed by atoms with Gasteiger partial charge in [-0.2, -0.15) is 0 Å². The van der Waals surface area contributed by atoms with Crippen LogP contribution in [0.5, 0.6) is 0 Å². The molecule has 1 aliphatic carbocycles. The van der Waals surface area contributed by atoms with Crippen molar-refractivity contribution in [3.05, 3.63) is 12.4 Å². The SMILES string of the molecule is CCOC1(C(=O)N2CCCC(O)(Cn3ccnn3)C2)CCCC1. The summed E-state index contributed by atoms with van der Waals surface area (Å²) >= 11 is 0. The van der Waals surface area contributed by atoms with Gasteiger partial charge in [0.1, 0.15) is 11.2 Å². The topological polar surface area (TPSA) is 80.5 Å². The molecule has 0 spiro atoms. The van der Waals surface area contributed by atoms with Crippen molar-refractivity contribution in [2.45, 2.75) is 63.2 Å². The Morgan fingerprint density at radius 3 is 2.74 bits per heavy atom. The number of aromatic nitrogens is 3. The van der Waals surface area contributed by atoms with Crippen molar-refractivity contribution >= 4 is 5.91 Å². The maximum Gasteiger partial charge on any atom is 0.254 e. The minimum absolute atomic E-state index is 0.0496. The Hall–Kier alpha value is -1.47. The van der Waals surface area contributed by atoms with E-state index >= 15 is 0 Å². The molecule has 3 rings (SSSR count). The molecular formula is C16H26N4O3. The predicted octanol–water partition coefficient (Wildman–Crippen LogP) is 0.981. The average molecular weight is 322 g/mol. The molecule has 2 aliphatic rings. The van der Waals surface area contributed by atoms with Crippen molar-refractivity contribution in [3.8, 4) is 0 Å². The Bertz CT molecular complexity index is 527. The molecule has 1 saturated heterocycles. The number of aliphatic hydroxyl groups is 1. The summed E-state index contributed by atoms with van der Waals surface area (Å²) in [7, 11) is 0. The minimum atomic E-state index is -0.951. The predicted molar refractivity (Wildman–Crippen MR) is 83.6 cm³/mol. The number of ether oxygens (including phenoxy) is 1. The second kappa shape index (κ2) is 6.57. The molecule has 2 fully saturated rings. The lowest BCUT2D eigenvalue weighted by atomic mass is 9.90. The van der Waals surface area contributed by atoms with E-state index in [1.807, 2.05) is 6.92 Å². The minimum Gasteiger partial charge on any atom is -0.386 e. The molecule has 7 nitrogen and oxygen atoms in total. The summed E-state index contributed by atoms with van der Waals surface area (Å²) in [6.07, 6.45) is 8.42.